The van der Waals surface area contributed by atoms with Gasteiger partial charge < -0.3 is 10.2 Å². The van der Waals surface area contributed by atoms with Crippen LogP contribution >= 0.6 is 0 Å². The van der Waals surface area contributed by atoms with Crippen LogP contribution in [0.4, 0.5) is 4.79 Å². The van der Waals surface area contributed by atoms with Gasteiger partial charge in [0, 0.05) is 18.3 Å². The lowest BCUT2D eigenvalue weighted by Crippen LogP contribution is -2.50. The second kappa shape index (κ2) is 6.26. The molecule has 0 bridgehead atoms. The number of hydrogen-bond donors (Lipinski definition) is 1. The van der Waals surface area contributed by atoms with Gasteiger partial charge in [-0.15, -0.1) is 0 Å². The average Bonchev–Trinajstić information content (AvgIpc) is 2.37. The molecule has 0 aromatic carbocycles. The third kappa shape index (κ3) is 3.27. The summed E-state index contributed by atoms with van der Waals surface area (Å²) in [7, 11) is 0. The lowest BCUT2D eigenvalue weighted by atomic mass is 9.96. The number of hydrogen-bond acceptors (Lipinski definition) is 1. The number of urea groups is 1. The van der Waals surface area contributed by atoms with Crippen molar-refractivity contribution in [3.63, 3.8) is 0 Å². The van der Waals surface area contributed by atoms with Crippen molar-refractivity contribution in [2.45, 2.75) is 77.3 Å². The molecular weight excluding hydrogens is 224 g/mol. The van der Waals surface area contributed by atoms with Crippen molar-refractivity contribution < 1.29 is 4.79 Å². The Balaban J connectivity index is 1.89. The van der Waals surface area contributed by atoms with Gasteiger partial charge in [-0.05, 0) is 58.8 Å². The zero-order valence-corrected chi connectivity index (χ0v) is 11.7. The number of nitrogens with zero attached hydrogens (tertiary/aromatic N) is 1. The van der Waals surface area contributed by atoms with Gasteiger partial charge in [-0.3, -0.25) is 0 Å². The van der Waals surface area contributed by atoms with E-state index in [-0.39, 0.29) is 6.03 Å². The molecule has 0 spiro atoms. The third-order valence-electron chi connectivity index (χ3n) is 4.32. The van der Waals surface area contributed by atoms with Gasteiger partial charge in [0.1, 0.15) is 0 Å². The summed E-state index contributed by atoms with van der Waals surface area (Å²) >= 11 is 0. The van der Waals surface area contributed by atoms with Crippen LogP contribution in [-0.2, 0) is 0 Å². The van der Waals surface area contributed by atoms with Gasteiger partial charge in [0.15, 0.2) is 0 Å². The Labute approximate surface area is 111 Å². The first-order valence-electron chi connectivity index (χ1n) is 7.45. The molecule has 18 heavy (non-hydrogen) atoms. The minimum Gasteiger partial charge on any atom is -0.319 e. The lowest BCUT2D eigenvalue weighted by Gasteiger charge is -2.38. The smallest absolute Gasteiger partial charge is 0.319 e. The van der Waals surface area contributed by atoms with E-state index < -0.39 is 0 Å². The molecule has 2 rings (SSSR count). The molecule has 2 aliphatic rings. The fourth-order valence-corrected chi connectivity index (χ4v) is 3.21. The van der Waals surface area contributed by atoms with E-state index in [9.17, 15) is 4.79 Å². The minimum absolute atomic E-state index is 0.0905. The van der Waals surface area contributed by atoms with Crippen LogP contribution in [0, 0.1) is 0 Å². The number of piperidine rings is 1. The van der Waals surface area contributed by atoms with E-state index in [1.807, 2.05) is 11.1 Å². The first-order chi connectivity index (χ1) is 8.68. The van der Waals surface area contributed by atoms with Crippen LogP contribution in [0.25, 0.3) is 0 Å². The summed E-state index contributed by atoms with van der Waals surface area (Å²) in [6.45, 7) is 4.31. The van der Waals surface area contributed by atoms with Crippen LogP contribution in [0.5, 0.6) is 0 Å². The van der Waals surface area contributed by atoms with Crippen LogP contribution in [-0.4, -0.2) is 23.0 Å². The quantitative estimate of drug-likeness (QED) is 0.754. The summed E-state index contributed by atoms with van der Waals surface area (Å²) in [5, 5.41) is 3.01. The van der Waals surface area contributed by atoms with Gasteiger partial charge in [-0.2, -0.15) is 0 Å². The largest absolute Gasteiger partial charge is 0.321 e. The molecule has 2 fully saturated rings. The molecule has 2 amide bonds. The van der Waals surface area contributed by atoms with Gasteiger partial charge in [-0.25, -0.2) is 4.79 Å². The summed E-state index contributed by atoms with van der Waals surface area (Å²) in [4.78, 5) is 14.2. The SMILES string of the molecule is CC1CCCC(C)N1C(=O)NC=C1CCCCC1. The van der Waals surface area contributed by atoms with Crippen molar-refractivity contribution in [3.8, 4) is 0 Å². The van der Waals surface area contributed by atoms with Crippen molar-refractivity contribution in [3.05, 3.63) is 11.8 Å². The molecule has 102 valence electrons. The molecule has 2 atom stereocenters. The Kier molecular flexibility index (Phi) is 4.67. The number of nitrogens with one attached hydrogen (secondary N) is 1. The molecule has 1 N–H and O–H groups in total. The Morgan fingerprint density at radius 1 is 1.11 bits per heavy atom. The molecule has 1 saturated carbocycles. The maximum absolute atomic E-state index is 12.2. The fraction of sp³-hybridized carbons (Fsp3) is 0.800. The van der Waals surface area contributed by atoms with Gasteiger partial charge in [0.2, 0.25) is 0 Å². The predicted molar refractivity (Wildman–Crippen MR) is 74.3 cm³/mol. The highest BCUT2D eigenvalue weighted by molar-refractivity contribution is 5.76. The monoisotopic (exact) mass is 250 g/mol. The number of rotatable bonds is 1. The number of carbonyl (C=O) groups is 1. The van der Waals surface area contributed by atoms with Gasteiger partial charge in [-0.1, -0.05) is 12.0 Å². The topological polar surface area (TPSA) is 32.3 Å². The predicted octanol–water partition coefficient (Wildman–Crippen LogP) is 3.81. The Morgan fingerprint density at radius 2 is 1.72 bits per heavy atom. The zero-order chi connectivity index (χ0) is 13.0. The van der Waals surface area contributed by atoms with Crippen LogP contribution in [0.3, 0.4) is 0 Å². The summed E-state index contributed by atoms with van der Waals surface area (Å²) in [6, 6.07) is 0.838. The summed E-state index contributed by atoms with van der Waals surface area (Å²) in [5.74, 6) is 0. The zero-order valence-electron chi connectivity index (χ0n) is 11.7. The van der Waals surface area contributed by atoms with E-state index in [0.717, 1.165) is 25.7 Å². The Hall–Kier alpha value is -0.990. The third-order valence-corrected chi connectivity index (χ3v) is 4.32. The van der Waals surface area contributed by atoms with E-state index in [0.29, 0.717) is 12.1 Å². The molecule has 0 aromatic heterocycles. The minimum atomic E-state index is 0.0905. The van der Waals surface area contributed by atoms with Gasteiger partial charge in [0.25, 0.3) is 0 Å². The fourth-order valence-electron chi connectivity index (χ4n) is 3.21. The van der Waals surface area contributed by atoms with Crippen LogP contribution in [0.1, 0.15) is 65.2 Å². The highest BCUT2D eigenvalue weighted by Gasteiger charge is 2.28. The van der Waals surface area contributed by atoms with Crippen molar-refractivity contribution in [1.82, 2.24) is 10.2 Å². The Morgan fingerprint density at radius 3 is 2.33 bits per heavy atom. The Bertz CT molecular complexity index is 306. The molecule has 3 nitrogen and oxygen atoms in total. The molecule has 1 aliphatic carbocycles. The van der Waals surface area contributed by atoms with Crippen molar-refractivity contribution in [2.75, 3.05) is 0 Å². The molecule has 0 aromatic rings. The molecule has 1 saturated heterocycles. The lowest BCUT2D eigenvalue weighted by molar-refractivity contribution is 0.125. The van der Waals surface area contributed by atoms with Crippen molar-refractivity contribution in [2.24, 2.45) is 0 Å². The normalized spacial score (nSPS) is 29.0. The van der Waals surface area contributed by atoms with Crippen molar-refractivity contribution in [1.29, 1.82) is 0 Å². The van der Waals surface area contributed by atoms with E-state index >= 15 is 0 Å². The number of amides is 2. The average molecular weight is 250 g/mol. The second-order valence-corrected chi connectivity index (χ2v) is 5.85. The van der Waals surface area contributed by atoms with Crippen molar-refractivity contribution >= 4 is 6.03 Å². The van der Waals surface area contributed by atoms with E-state index in [4.69, 9.17) is 0 Å². The number of likely N-dealkylation sites (tertiary alicyclic amines) is 1. The molecule has 2 unspecified atom stereocenters. The first kappa shape index (κ1) is 13.4. The van der Waals surface area contributed by atoms with Crippen LogP contribution < -0.4 is 5.32 Å². The van der Waals surface area contributed by atoms with E-state index in [2.05, 4.69) is 19.2 Å². The number of allylic oxidation sites excluding steroid dienone is 1. The van der Waals surface area contributed by atoms with Crippen LogP contribution in [0.2, 0.25) is 0 Å². The summed E-state index contributed by atoms with van der Waals surface area (Å²) in [6.07, 6.45) is 11.7. The summed E-state index contributed by atoms with van der Waals surface area (Å²) < 4.78 is 0. The van der Waals surface area contributed by atoms with Crippen LogP contribution in [0.15, 0.2) is 11.8 Å². The summed E-state index contributed by atoms with van der Waals surface area (Å²) in [5.41, 5.74) is 1.41. The molecule has 0 radical (unpaired) electrons. The van der Waals surface area contributed by atoms with E-state index in [1.54, 1.807) is 0 Å². The maximum atomic E-state index is 12.2. The standard InChI is InChI=1S/C15H26N2O/c1-12-7-6-8-13(2)17(12)15(18)16-11-14-9-4-3-5-10-14/h11-13H,3-10H2,1-2H3,(H,16,18). The number of carbonyl (C=O) groups excluding carboxylic acids is 1. The van der Waals surface area contributed by atoms with E-state index in [1.165, 1.54) is 31.3 Å². The first-order valence-corrected chi connectivity index (χ1v) is 7.45. The molecule has 1 aliphatic heterocycles. The molecule has 3 heteroatoms. The highest BCUT2D eigenvalue weighted by atomic mass is 16.2. The second-order valence-electron chi connectivity index (χ2n) is 5.85. The molecule has 1 heterocycles. The maximum Gasteiger partial charge on any atom is 0.321 e. The highest BCUT2D eigenvalue weighted by Crippen LogP contribution is 2.24. The molecular formula is C15H26N2O. The van der Waals surface area contributed by atoms with Gasteiger partial charge >= 0.3 is 6.03 Å². The van der Waals surface area contributed by atoms with Gasteiger partial charge in [0.05, 0.1) is 0 Å².